The number of benzene rings is 1. The highest BCUT2D eigenvalue weighted by Gasteiger charge is 2.05. The van der Waals surface area contributed by atoms with Crippen LogP contribution in [0.4, 0.5) is 0 Å². The molecule has 1 rings (SSSR count). The van der Waals surface area contributed by atoms with Crippen molar-refractivity contribution in [3.63, 3.8) is 0 Å². The first-order valence-corrected chi connectivity index (χ1v) is 7.69. The third-order valence-electron chi connectivity index (χ3n) is 2.61. The lowest BCUT2D eigenvalue weighted by Crippen LogP contribution is -2.32. The van der Waals surface area contributed by atoms with Gasteiger partial charge < -0.3 is 15.2 Å². The third-order valence-corrected chi connectivity index (χ3v) is 3.30. The first kappa shape index (κ1) is 15.3. The van der Waals surface area contributed by atoms with Crippen molar-refractivity contribution in [1.29, 1.82) is 0 Å². The fraction of sp³-hybridized carbons (Fsp3) is 0.571. The van der Waals surface area contributed by atoms with Crippen LogP contribution in [0.25, 0.3) is 0 Å². The Hall–Kier alpha value is -0.710. The Morgan fingerprint density at radius 1 is 1.39 bits per heavy atom. The van der Waals surface area contributed by atoms with Crippen LogP contribution in [-0.2, 0) is 0 Å². The van der Waals surface area contributed by atoms with Gasteiger partial charge in [0, 0.05) is 6.54 Å². The number of rotatable bonds is 9. The van der Waals surface area contributed by atoms with E-state index in [0.717, 1.165) is 30.0 Å². The molecule has 4 heteroatoms. The summed E-state index contributed by atoms with van der Waals surface area (Å²) in [4.78, 5) is 0. The Labute approximate surface area is 114 Å². The molecule has 0 aliphatic carbocycles. The minimum atomic E-state index is -0.459. The minimum absolute atomic E-state index is 0.334. The van der Waals surface area contributed by atoms with E-state index in [-0.39, 0.29) is 0 Å². The highest BCUT2D eigenvalue weighted by atomic mass is 32.2. The molecule has 0 aliphatic heterocycles. The molecule has 2 N–H and O–H groups in total. The van der Waals surface area contributed by atoms with Crippen molar-refractivity contribution in [2.24, 2.45) is 0 Å². The van der Waals surface area contributed by atoms with Crippen LogP contribution in [-0.4, -0.2) is 42.9 Å². The molecule has 1 aromatic rings. The lowest BCUT2D eigenvalue weighted by Gasteiger charge is -2.14. The van der Waals surface area contributed by atoms with E-state index < -0.39 is 6.10 Å². The smallest absolute Gasteiger partial charge is 0.122 e. The SMILES string of the molecule is CSCCCNCC(O)COc1ccccc1C. The summed E-state index contributed by atoms with van der Waals surface area (Å²) in [7, 11) is 0. The summed E-state index contributed by atoms with van der Waals surface area (Å²) >= 11 is 1.84. The molecule has 0 amide bonds. The molecule has 1 unspecified atom stereocenters. The van der Waals surface area contributed by atoms with Crippen molar-refractivity contribution in [2.75, 3.05) is 31.7 Å². The van der Waals surface area contributed by atoms with Crippen molar-refractivity contribution in [3.8, 4) is 5.75 Å². The summed E-state index contributed by atoms with van der Waals surface area (Å²) in [6.07, 6.45) is 2.77. The molecular weight excluding hydrogens is 246 g/mol. The maximum absolute atomic E-state index is 9.77. The van der Waals surface area contributed by atoms with Crippen molar-refractivity contribution in [2.45, 2.75) is 19.4 Å². The van der Waals surface area contributed by atoms with Gasteiger partial charge in [-0.15, -0.1) is 0 Å². The molecule has 0 heterocycles. The molecule has 1 aromatic carbocycles. The van der Waals surface area contributed by atoms with Crippen LogP contribution in [0, 0.1) is 6.92 Å². The van der Waals surface area contributed by atoms with Crippen molar-refractivity contribution in [1.82, 2.24) is 5.32 Å². The van der Waals surface area contributed by atoms with Crippen LogP contribution in [0.5, 0.6) is 5.75 Å². The molecular formula is C14H23NO2S. The molecule has 0 saturated carbocycles. The average Bonchev–Trinajstić information content (AvgIpc) is 2.37. The highest BCUT2D eigenvalue weighted by Crippen LogP contribution is 2.16. The zero-order valence-corrected chi connectivity index (χ0v) is 12.0. The second-order valence-electron chi connectivity index (χ2n) is 4.28. The largest absolute Gasteiger partial charge is 0.491 e. The molecule has 0 fully saturated rings. The zero-order chi connectivity index (χ0) is 13.2. The lowest BCUT2D eigenvalue weighted by atomic mass is 10.2. The van der Waals surface area contributed by atoms with E-state index in [9.17, 15) is 5.11 Å². The van der Waals surface area contributed by atoms with E-state index in [2.05, 4.69) is 11.6 Å². The van der Waals surface area contributed by atoms with Crippen LogP contribution in [0.2, 0.25) is 0 Å². The number of para-hydroxylation sites is 1. The van der Waals surface area contributed by atoms with Crippen LogP contribution in [0.1, 0.15) is 12.0 Å². The van der Waals surface area contributed by atoms with Gasteiger partial charge in [-0.3, -0.25) is 0 Å². The Bertz CT molecular complexity index is 333. The Morgan fingerprint density at radius 2 is 2.17 bits per heavy atom. The van der Waals surface area contributed by atoms with Gasteiger partial charge in [-0.2, -0.15) is 11.8 Å². The molecule has 0 aromatic heterocycles. The average molecular weight is 269 g/mol. The van der Waals surface area contributed by atoms with Crippen LogP contribution >= 0.6 is 11.8 Å². The Morgan fingerprint density at radius 3 is 2.89 bits per heavy atom. The van der Waals surface area contributed by atoms with Gasteiger partial charge in [0.1, 0.15) is 18.5 Å². The summed E-state index contributed by atoms with van der Waals surface area (Å²) in [5.41, 5.74) is 1.10. The number of thioether (sulfide) groups is 1. The van der Waals surface area contributed by atoms with Crippen LogP contribution in [0.15, 0.2) is 24.3 Å². The summed E-state index contributed by atoms with van der Waals surface area (Å²) < 4.78 is 5.58. The number of ether oxygens (including phenoxy) is 1. The maximum atomic E-state index is 9.77. The van der Waals surface area contributed by atoms with E-state index in [4.69, 9.17) is 4.74 Å². The minimum Gasteiger partial charge on any atom is -0.491 e. The predicted octanol–water partition coefficient (Wildman–Crippen LogP) is 2.08. The maximum Gasteiger partial charge on any atom is 0.122 e. The number of aryl methyl sites for hydroxylation is 1. The monoisotopic (exact) mass is 269 g/mol. The summed E-state index contributed by atoms with van der Waals surface area (Å²) in [5.74, 6) is 2.00. The van der Waals surface area contributed by atoms with Gasteiger partial charge in [-0.25, -0.2) is 0 Å². The number of hydrogen-bond donors (Lipinski definition) is 2. The van der Waals surface area contributed by atoms with Gasteiger partial charge in [0.05, 0.1) is 0 Å². The van der Waals surface area contributed by atoms with Gasteiger partial charge in [-0.1, -0.05) is 18.2 Å². The van der Waals surface area contributed by atoms with Crippen molar-refractivity contribution < 1.29 is 9.84 Å². The Balaban J connectivity index is 2.13. The summed E-state index contributed by atoms with van der Waals surface area (Å²) in [5, 5.41) is 13.0. The van der Waals surface area contributed by atoms with E-state index in [1.54, 1.807) is 0 Å². The molecule has 0 saturated heterocycles. The Kier molecular flexibility index (Phi) is 7.89. The molecule has 0 aliphatic rings. The van der Waals surface area contributed by atoms with Gasteiger partial charge >= 0.3 is 0 Å². The number of aliphatic hydroxyl groups is 1. The van der Waals surface area contributed by atoms with E-state index in [0.29, 0.717) is 13.2 Å². The molecule has 0 bridgehead atoms. The van der Waals surface area contributed by atoms with Crippen LogP contribution < -0.4 is 10.1 Å². The van der Waals surface area contributed by atoms with Crippen molar-refractivity contribution in [3.05, 3.63) is 29.8 Å². The normalized spacial score (nSPS) is 12.4. The lowest BCUT2D eigenvalue weighted by molar-refractivity contribution is 0.106. The number of hydrogen-bond acceptors (Lipinski definition) is 4. The standard InChI is InChI=1S/C14H23NO2S/c1-12-6-3-4-7-14(12)17-11-13(16)10-15-8-5-9-18-2/h3-4,6-7,13,15-16H,5,8-11H2,1-2H3. The van der Waals surface area contributed by atoms with Gasteiger partial charge in [-0.05, 0) is 43.5 Å². The second-order valence-corrected chi connectivity index (χ2v) is 5.27. The first-order valence-electron chi connectivity index (χ1n) is 6.30. The summed E-state index contributed by atoms with van der Waals surface area (Å²) in [6.45, 7) is 3.87. The fourth-order valence-corrected chi connectivity index (χ4v) is 2.01. The van der Waals surface area contributed by atoms with Gasteiger partial charge in [0.15, 0.2) is 0 Å². The molecule has 1 atom stereocenters. The topological polar surface area (TPSA) is 41.5 Å². The molecule has 3 nitrogen and oxygen atoms in total. The summed E-state index contributed by atoms with van der Waals surface area (Å²) in [6, 6.07) is 7.84. The quantitative estimate of drug-likeness (QED) is 0.674. The third kappa shape index (κ3) is 6.28. The number of aliphatic hydroxyl groups excluding tert-OH is 1. The highest BCUT2D eigenvalue weighted by molar-refractivity contribution is 7.98. The first-order chi connectivity index (χ1) is 8.74. The van der Waals surface area contributed by atoms with Gasteiger partial charge in [0.25, 0.3) is 0 Å². The van der Waals surface area contributed by atoms with Crippen molar-refractivity contribution >= 4 is 11.8 Å². The number of nitrogens with one attached hydrogen (secondary N) is 1. The second kappa shape index (κ2) is 9.25. The molecule has 0 spiro atoms. The fourth-order valence-electron chi connectivity index (χ4n) is 1.57. The van der Waals surface area contributed by atoms with Crippen LogP contribution in [0.3, 0.4) is 0 Å². The molecule has 18 heavy (non-hydrogen) atoms. The van der Waals surface area contributed by atoms with Gasteiger partial charge in [0.2, 0.25) is 0 Å². The zero-order valence-electron chi connectivity index (χ0n) is 11.2. The van der Waals surface area contributed by atoms with E-state index in [1.807, 2.05) is 43.0 Å². The molecule has 0 radical (unpaired) electrons. The van der Waals surface area contributed by atoms with E-state index >= 15 is 0 Å². The predicted molar refractivity (Wildman–Crippen MR) is 78.5 cm³/mol. The molecule has 102 valence electrons. The van der Waals surface area contributed by atoms with E-state index in [1.165, 1.54) is 0 Å².